The molecule has 28 heavy (non-hydrogen) atoms. The van der Waals surface area contributed by atoms with E-state index in [0.29, 0.717) is 11.3 Å². The van der Waals surface area contributed by atoms with Crippen LogP contribution < -0.4 is 10.2 Å². The summed E-state index contributed by atoms with van der Waals surface area (Å²) in [6.07, 6.45) is 1.46. The quantitative estimate of drug-likeness (QED) is 0.389. The lowest BCUT2D eigenvalue weighted by atomic mass is 10.2. The smallest absolute Gasteiger partial charge is 0.295 e. The number of ether oxygens (including phenoxy) is 1. The third-order valence-electron chi connectivity index (χ3n) is 4.04. The van der Waals surface area contributed by atoms with Gasteiger partial charge in [-0.2, -0.15) is 9.41 Å². The number of hydrazone groups is 1. The van der Waals surface area contributed by atoms with E-state index in [1.807, 2.05) is 6.07 Å². The van der Waals surface area contributed by atoms with E-state index < -0.39 is 14.9 Å². The van der Waals surface area contributed by atoms with E-state index in [2.05, 4.69) is 10.5 Å². The summed E-state index contributed by atoms with van der Waals surface area (Å²) in [5.41, 5.74) is 2.97. The summed E-state index contributed by atoms with van der Waals surface area (Å²) in [6.45, 7) is 3.96. The van der Waals surface area contributed by atoms with Gasteiger partial charge in [0.15, 0.2) is 0 Å². The van der Waals surface area contributed by atoms with Gasteiger partial charge in [0.1, 0.15) is 11.4 Å². The number of nitro groups is 1. The fraction of sp³-hybridized carbons (Fsp3) is 0.278. The van der Waals surface area contributed by atoms with Gasteiger partial charge < -0.3 is 4.74 Å². The summed E-state index contributed by atoms with van der Waals surface area (Å²) in [6, 6.07) is 10.8. The van der Waals surface area contributed by atoms with E-state index in [-0.39, 0.29) is 29.4 Å². The highest BCUT2D eigenvalue weighted by molar-refractivity contribution is 7.89. The second-order valence-corrected chi connectivity index (χ2v) is 7.58. The summed E-state index contributed by atoms with van der Waals surface area (Å²) >= 11 is 0. The predicted octanol–water partition coefficient (Wildman–Crippen LogP) is 3.08. The standard InChI is InChI=1S/C18H22N4O5S/c1-4-21(5-2)28(25,26)15-10-11-16(17(12-15)22(23)24)20-19-13-14-8-6-7-9-18(14)27-3/h6-13,20H,4-5H2,1-3H3. The molecule has 2 aromatic rings. The van der Waals surface area contributed by atoms with Gasteiger partial charge >= 0.3 is 0 Å². The summed E-state index contributed by atoms with van der Waals surface area (Å²) < 4.78 is 31.6. The van der Waals surface area contributed by atoms with Crippen LogP contribution in [-0.2, 0) is 10.0 Å². The number of nitro benzene ring substituents is 1. The Balaban J connectivity index is 2.33. The van der Waals surface area contributed by atoms with Crippen LogP contribution in [0.3, 0.4) is 0 Å². The number of methoxy groups -OCH3 is 1. The maximum Gasteiger partial charge on any atom is 0.295 e. The van der Waals surface area contributed by atoms with E-state index >= 15 is 0 Å². The zero-order valence-corrected chi connectivity index (χ0v) is 16.6. The molecule has 0 atom stereocenters. The Bertz CT molecular complexity index is 972. The maximum atomic E-state index is 12.6. The molecule has 2 rings (SSSR count). The van der Waals surface area contributed by atoms with Crippen LogP contribution in [0.5, 0.6) is 5.75 Å². The zero-order valence-electron chi connectivity index (χ0n) is 15.8. The van der Waals surface area contributed by atoms with E-state index in [4.69, 9.17) is 4.74 Å². The molecule has 0 unspecified atom stereocenters. The Labute approximate surface area is 163 Å². The molecule has 0 amide bonds. The molecular weight excluding hydrogens is 384 g/mol. The highest BCUT2D eigenvalue weighted by atomic mass is 32.2. The van der Waals surface area contributed by atoms with Crippen LogP contribution in [0.4, 0.5) is 11.4 Å². The summed E-state index contributed by atoms with van der Waals surface area (Å²) in [5.74, 6) is 0.600. The molecule has 150 valence electrons. The summed E-state index contributed by atoms with van der Waals surface area (Å²) in [7, 11) is -2.27. The van der Waals surface area contributed by atoms with Gasteiger partial charge in [0.2, 0.25) is 10.0 Å². The number of hydrogen-bond donors (Lipinski definition) is 1. The van der Waals surface area contributed by atoms with Crippen LogP contribution in [0.15, 0.2) is 52.5 Å². The molecule has 10 heteroatoms. The Morgan fingerprint density at radius 1 is 1.21 bits per heavy atom. The van der Waals surface area contributed by atoms with Gasteiger partial charge in [-0.15, -0.1) is 0 Å². The summed E-state index contributed by atoms with van der Waals surface area (Å²) in [4.78, 5) is 10.6. The maximum absolute atomic E-state index is 12.6. The van der Waals surface area contributed by atoms with Crippen molar-refractivity contribution in [2.45, 2.75) is 18.7 Å². The van der Waals surface area contributed by atoms with Crippen LogP contribution in [0.2, 0.25) is 0 Å². The Morgan fingerprint density at radius 3 is 2.50 bits per heavy atom. The lowest BCUT2D eigenvalue weighted by Gasteiger charge is -2.18. The zero-order chi connectivity index (χ0) is 20.7. The van der Waals surface area contributed by atoms with Crippen LogP contribution in [0.25, 0.3) is 0 Å². The second kappa shape index (κ2) is 9.29. The van der Waals surface area contributed by atoms with Crippen LogP contribution in [-0.4, -0.2) is 44.1 Å². The number of anilines is 1. The minimum Gasteiger partial charge on any atom is -0.496 e. The van der Waals surface area contributed by atoms with Gasteiger partial charge in [0, 0.05) is 24.7 Å². The number of sulfonamides is 1. The molecule has 0 saturated heterocycles. The van der Waals surface area contributed by atoms with Gasteiger partial charge in [-0.1, -0.05) is 26.0 Å². The first kappa shape index (κ1) is 21.3. The van der Waals surface area contributed by atoms with Crippen molar-refractivity contribution in [3.8, 4) is 5.75 Å². The molecule has 0 aliphatic heterocycles. The van der Waals surface area contributed by atoms with Crippen LogP contribution in [0, 0.1) is 10.1 Å². The van der Waals surface area contributed by atoms with E-state index in [1.54, 1.807) is 32.0 Å². The van der Waals surface area contributed by atoms with Gasteiger partial charge in [0.05, 0.1) is 23.1 Å². The van der Waals surface area contributed by atoms with Crippen LogP contribution >= 0.6 is 0 Å². The molecule has 1 N–H and O–H groups in total. The SMILES string of the molecule is CCN(CC)S(=O)(=O)c1ccc(NN=Cc2ccccc2OC)c([N+](=O)[O-])c1. The first-order valence-corrected chi connectivity index (χ1v) is 9.99. The van der Waals surface area contributed by atoms with Gasteiger partial charge in [-0.25, -0.2) is 8.42 Å². The van der Waals surface area contributed by atoms with Crippen LogP contribution in [0.1, 0.15) is 19.4 Å². The Morgan fingerprint density at radius 2 is 1.89 bits per heavy atom. The average Bonchev–Trinajstić information content (AvgIpc) is 2.69. The predicted molar refractivity (Wildman–Crippen MR) is 107 cm³/mol. The number of benzene rings is 2. The van der Waals surface area contributed by atoms with Gasteiger partial charge in [-0.05, 0) is 24.3 Å². The molecule has 0 aliphatic carbocycles. The number of rotatable bonds is 9. The van der Waals surface area contributed by atoms with Crippen molar-refractivity contribution in [1.82, 2.24) is 4.31 Å². The monoisotopic (exact) mass is 406 g/mol. The minimum absolute atomic E-state index is 0.0784. The van der Waals surface area contributed by atoms with E-state index in [0.717, 1.165) is 6.07 Å². The van der Waals surface area contributed by atoms with E-state index in [1.165, 1.54) is 29.8 Å². The number of nitrogens with one attached hydrogen (secondary N) is 1. The highest BCUT2D eigenvalue weighted by Crippen LogP contribution is 2.29. The second-order valence-electron chi connectivity index (χ2n) is 5.64. The topological polar surface area (TPSA) is 114 Å². The Kier molecular flexibility index (Phi) is 7.07. The lowest BCUT2D eigenvalue weighted by Crippen LogP contribution is -2.30. The first-order chi connectivity index (χ1) is 13.3. The normalized spacial score (nSPS) is 11.7. The number of nitrogens with zero attached hydrogens (tertiary/aromatic N) is 3. The van der Waals surface area contributed by atoms with Gasteiger partial charge in [0.25, 0.3) is 5.69 Å². The first-order valence-electron chi connectivity index (χ1n) is 8.55. The fourth-order valence-corrected chi connectivity index (χ4v) is 4.05. The van der Waals surface area contributed by atoms with Crippen molar-refractivity contribution >= 4 is 27.6 Å². The molecule has 0 aromatic heterocycles. The van der Waals surface area contributed by atoms with Crippen molar-refractivity contribution < 1.29 is 18.1 Å². The largest absolute Gasteiger partial charge is 0.496 e. The molecule has 9 nitrogen and oxygen atoms in total. The average molecular weight is 406 g/mol. The molecule has 0 radical (unpaired) electrons. The fourth-order valence-electron chi connectivity index (χ4n) is 2.57. The number of hydrogen-bond acceptors (Lipinski definition) is 7. The molecular formula is C18H22N4O5S. The lowest BCUT2D eigenvalue weighted by molar-refractivity contribution is -0.384. The third-order valence-corrected chi connectivity index (χ3v) is 6.08. The molecule has 0 bridgehead atoms. The molecule has 0 heterocycles. The molecule has 0 saturated carbocycles. The van der Waals surface area contributed by atoms with Crippen molar-refractivity contribution in [1.29, 1.82) is 0 Å². The van der Waals surface area contributed by atoms with Crippen molar-refractivity contribution in [2.75, 3.05) is 25.6 Å². The van der Waals surface area contributed by atoms with Gasteiger partial charge in [-0.3, -0.25) is 15.5 Å². The van der Waals surface area contributed by atoms with Crippen molar-refractivity contribution in [3.63, 3.8) is 0 Å². The minimum atomic E-state index is -3.80. The molecule has 0 spiro atoms. The number of para-hydroxylation sites is 1. The summed E-state index contributed by atoms with van der Waals surface area (Å²) in [5, 5.41) is 15.4. The molecule has 2 aromatic carbocycles. The van der Waals surface area contributed by atoms with Crippen molar-refractivity contribution in [3.05, 3.63) is 58.1 Å². The van der Waals surface area contributed by atoms with Crippen molar-refractivity contribution in [2.24, 2.45) is 5.10 Å². The Hall–Kier alpha value is -2.98. The highest BCUT2D eigenvalue weighted by Gasteiger charge is 2.25. The van der Waals surface area contributed by atoms with E-state index in [9.17, 15) is 18.5 Å². The molecule has 0 aliphatic rings. The molecule has 0 fully saturated rings. The third kappa shape index (κ3) is 4.65.